The van der Waals surface area contributed by atoms with Crippen molar-refractivity contribution in [2.75, 3.05) is 6.61 Å². The van der Waals surface area contributed by atoms with E-state index >= 15 is 0 Å². The van der Waals surface area contributed by atoms with Crippen LogP contribution in [0.1, 0.15) is 31.5 Å². The highest BCUT2D eigenvalue weighted by Gasteiger charge is 2.02. The van der Waals surface area contributed by atoms with Gasteiger partial charge in [0.15, 0.2) is 0 Å². The number of aryl methyl sites for hydroxylation is 1. The standard InChI is InChI=1S/C15H18Cl2N2O/c16-12-6-7-14(13(17)11-12)20-10-4-2-1-3-5-15-18-8-9-19-15/h6-9,11H,1-5,10H2,(H,18,19). The minimum Gasteiger partial charge on any atom is -0.492 e. The Hall–Kier alpha value is -1.19. The molecule has 0 fully saturated rings. The van der Waals surface area contributed by atoms with Crippen LogP contribution in [-0.4, -0.2) is 16.6 Å². The number of aromatic nitrogens is 2. The second-order valence-corrected chi connectivity index (χ2v) is 5.47. The van der Waals surface area contributed by atoms with Gasteiger partial charge in [-0.2, -0.15) is 0 Å². The first-order valence-corrected chi connectivity index (χ1v) is 7.57. The van der Waals surface area contributed by atoms with Crippen molar-refractivity contribution in [2.24, 2.45) is 0 Å². The summed E-state index contributed by atoms with van der Waals surface area (Å²) < 4.78 is 5.64. The van der Waals surface area contributed by atoms with Crippen molar-refractivity contribution in [3.8, 4) is 5.75 Å². The summed E-state index contributed by atoms with van der Waals surface area (Å²) in [5.74, 6) is 1.76. The molecule has 0 atom stereocenters. The maximum absolute atomic E-state index is 6.03. The third kappa shape index (κ3) is 5.06. The van der Waals surface area contributed by atoms with Crippen molar-refractivity contribution in [1.29, 1.82) is 0 Å². The van der Waals surface area contributed by atoms with E-state index in [9.17, 15) is 0 Å². The molecule has 20 heavy (non-hydrogen) atoms. The number of halogens is 2. The number of nitrogens with one attached hydrogen (secondary N) is 1. The molecule has 0 aliphatic heterocycles. The van der Waals surface area contributed by atoms with E-state index < -0.39 is 0 Å². The molecular formula is C15H18Cl2N2O. The average Bonchev–Trinajstić information content (AvgIpc) is 2.93. The molecule has 3 nitrogen and oxygen atoms in total. The van der Waals surface area contributed by atoms with Gasteiger partial charge in [0.1, 0.15) is 11.6 Å². The van der Waals surface area contributed by atoms with Gasteiger partial charge < -0.3 is 9.72 Å². The minimum absolute atomic E-state index is 0.565. The molecule has 2 rings (SSSR count). The van der Waals surface area contributed by atoms with Crippen molar-refractivity contribution in [3.05, 3.63) is 46.5 Å². The molecule has 0 bridgehead atoms. The van der Waals surface area contributed by atoms with Gasteiger partial charge in [-0.05, 0) is 31.0 Å². The molecule has 0 spiro atoms. The maximum atomic E-state index is 6.03. The van der Waals surface area contributed by atoms with Gasteiger partial charge in [-0.25, -0.2) is 4.98 Å². The van der Waals surface area contributed by atoms with E-state index in [1.165, 1.54) is 6.42 Å². The third-order valence-electron chi connectivity index (χ3n) is 3.01. The van der Waals surface area contributed by atoms with Crippen LogP contribution in [0, 0.1) is 0 Å². The van der Waals surface area contributed by atoms with Crippen LogP contribution in [0.15, 0.2) is 30.6 Å². The first-order valence-electron chi connectivity index (χ1n) is 6.82. The largest absolute Gasteiger partial charge is 0.492 e. The lowest BCUT2D eigenvalue weighted by atomic mass is 10.1. The molecule has 1 aromatic carbocycles. The van der Waals surface area contributed by atoms with Crippen molar-refractivity contribution in [1.82, 2.24) is 9.97 Å². The molecule has 1 heterocycles. The Bertz CT molecular complexity index is 515. The second kappa shape index (κ2) is 8.18. The fraction of sp³-hybridized carbons (Fsp3) is 0.400. The fourth-order valence-corrected chi connectivity index (χ4v) is 2.42. The minimum atomic E-state index is 0.565. The maximum Gasteiger partial charge on any atom is 0.137 e. The van der Waals surface area contributed by atoms with Gasteiger partial charge in [0.25, 0.3) is 0 Å². The van der Waals surface area contributed by atoms with Gasteiger partial charge in [-0.1, -0.05) is 36.0 Å². The molecule has 0 unspecified atom stereocenters. The van der Waals surface area contributed by atoms with Crippen molar-refractivity contribution in [2.45, 2.75) is 32.1 Å². The number of H-pyrrole nitrogens is 1. The summed E-state index contributed by atoms with van der Waals surface area (Å²) in [7, 11) is 0. The zero-order chi connectivity index (χ0) is 14.2. The number of unbranched alkanes of at least 4 members (excludes halogenated alkanes) is 3. The predicted molar refractivity (Wildman–Crippen MR) is 82.7 cm³/mol. The Kier molecular flexibility index (Phi) is 6.22. The second-order valence-electron chi connectivity index (χ2n) is 4.62. The van der Waals surface area contributed by atoms with Crippen molar-refractivity contribution >= 4 is 23.2 Å². The Morgan fingerprint density at radius 3 is 2.70 bits per heavy atom. The zero-order valence-corrected chi connectivity index (χ0v) is 12.8. The zero-order valence-electron chi connectivity index (χ0n) is 11.2. The van der Waals surface area contributed by atoms with Gasteiger partial charge in [0.05, 0.1) is 11.6 Å². The summed E-state index contributed by atoms with van der Waals surface area (Å²) in [6, 6.07) is 5.29. The Morgan fingerprint density at radius 2 is 1.95 bits per heavy atom. The number of aromatic amines is 1. The number of ether oxygens (including phenoxy) is 1. The molecule has 1 aromatic heterocycles. The number of hydrogen-bond acceptors (Lipinski definition) is 2. The lowest BCUT2D eigenvalue weighted by molar-refractivity contribution is 0.305. The lowest BCUT2D eigenvalue weighted by Gasteiger charge is -2.08. The summed E-state index contributed by atoms with van der Waals surface area (Å²) in [4.78, 5) is 7.31. The van der Waals surface area contributed by atoms with Crippen LogP contribution < -0.4 is 4.74 Å². The number of imidazole rings is 1. The van der Waals surface area contributed by atoms with Crippen LogP contribution in [-0.2, 0) is 6.42 Å². The number of benzene rings is 1. The quantitative estimate of drug-likeness (QED) is 0.704. The van der Waals surface area contributed by atoms with Crippen LogP contribution in [0.5, 0.6) is 5.75 Å². The van der Waals surface area contributed by atoms with Crippen LogP contribution in [0.4, 0.5) is 0 Å². The molecule has 0 saturated heterocycles. The highest BCUT2D eigenvalue weighted by atomic mass is 35.5. The fourth-order valence-electron chi connectivity index (χ4n) is 1.96. The van der Waals surface area contributed by atoms with Gasteiger partial charge in [-0.3, -0.25) is 0 Å². The molecule has 0 amide bonds. The summed E-state index contributed by atoms with van der Waals surface area (Å²) in [5, 5.41) is 1.19. The number of hydrogen-bond donors (Lipinski definition) is 1. The summed E-state index contributed by atoms with van der Waals surface area (Å²) in [6.07, 6.45) is 9.16. The van der Waals surface area contributed by atoms with Crippen LogP contribution in [0.2, 0.25) is 10.0 Å². The topological polar surface area (TPSA) is 37.9 Å². The van der Waals surface area contributed by atoms with Gasteiger partial charge in [0.2, 0.25) is 0 Å². The van der Waals surface area contributed by atoms with E-state index in [1.807, 2.05) is 12.3 Å². The highest BCUT2D eigenvalue weighted by Crippen LogP contribution is 2.27. The SMILES string of the molecule is Clc1ccc(OCCCCCCc2ncc[nH]2)c(Cl)c1. The normalized spacial score (nSPS) is 10.7. The van der Waals surface area contributed by atoms with E-state index in [1.54, 1.807) is 18.3 Å². The van der Waals surface area contributed by atoms with E-state index in [4.69, 9.17) is 27.9 Å². The predicted octanol–water partition coefficient (Wildman–Crippen LogP) is 4.90. The van der Waals surface area contributed by atoms with Gasteiger partial charge in [0, 0.05) is 23.8 Å². The Morgan fingerprint density at radius 1 is 1.10 bits per heavy atom. The molecule has 0 radical (unpaired) electrons. The van der Waals surface area contributed by atoms with Crippen molar-refractivity contribution in [3.63, 3.8) is 0 Å². The highest BCUT2D eigenvalue weighted by molar-refractivity contribution is 6.35. The molecule has 0 aliphatic rings. The van der Waals surface area contributed by atoms with Crippen molar-refractivity contribution < 1.29 is 4.74 Å². The third-order valence-corrected chi connectivity index (χ3v) is 3.54. The van der Waals surface area contributed by atoms with E-state index in [0.29, 0.717) is 22.4 Å². The first kappa shape index (κ1) is 15.2. The van der Waals surface area contributed by atoms with E-state index in [-0.39, 0.29) is 0 Å². The smallest absolute Gasteiger partial charge is 0.137 e. The van der Waals surface area contributed by atoms with Crippen LogP contribution >= 0.6 is 23.2 Å². The molecule has 5 heteroatoms. The molecular weight excluding hydrogens is 295 g/mol. The van der Waals surface area contributed by atoms with Gasteiger partial charge in [-0.15, -0.1) is 0 Å². The summed E-state index contributed by atoms with van der Waals surface area (Å²) in [5.41, 5.74) is 0. The van der Waals surface area contributed by atoms with E-state index in [2.05, 4.69) is 9.97 Å². The van der Waals surface area contributed by atoms with E-state index in [0.717, 1.165) is 31.5 Å². The molecule has 0 aliphatic carbocycles. The first-order chi connectivity index (χ1) is 9.75. The summed E-state index contributed by atoms with van der Waals surface area (Å²) in [6.45, 7) is 0.683. The summed E-state index contributed by atoms with van der Waals surface area (Å²) >= 11 is 11.9. The lowest BCUT2D eigenvalue weighted by Crippen LogP contribution is -1.98. The molecule has 108 valence electrons. The molecule has 2 aromatic rings. The average molecular weight is 313 g/mol. The van der Waals surface area contributed by atoms with Crippen LogP contribution in [0.25, 0.3) is 0 Å². The molecule has 0 saturated carbocycles. The molecule has 1 N–H and O–H groups in total. The Labute approximate surface area is 129 Å². The number of nitrogens with zero attached hydrogens (tertiary/aromatic N) is 1. The monoisotopic (exact) mass is 312 g/mol. The Balaban J connectivity index is 1.55. The number of rotatable bonds is 8. The van der Waals surface area contributed by atoms with Gasteiger partial charge >= 0.3 is 0 Å². The van der Waals surface area contributed by atoms with Crippen LogP contribution in [0.3, 0.4) is 0 Å².